The molecule has 1 heterocycles. The molecule has 17 heavy (non-hydrogen) atoms. The molecule has 3 heteroatoms. The zero-order valence-corrected chi connectivity index (χ0v) is 12.0. The molecule has 0 bridgehead atoms. The highest BCUT2D eigenvalue weighted by Gasteiger charge is 2.29. The summed E-state index contributed by atoms with van der Waals surface area (Å²) in [6.07, 6.45) is 2.23. The maximum absolute atomic E-state index is 12.5. The first-order valence-corrected chi connectivity index (χ1v) is 7.20. The molecule has 1 amide bonds. The Hall–Kier alpha value is -0.830. The Morgan fingerprint density at radius 2 is 2.24 bits per heavy atom. The Bertz CT molecular complexity index is 430. The monoisotopic (exact) mass is 295 g/mol. The Morgan fingerprint density at radius 1 is 1.47 bits per heavy atom. The van der Waals surface area contributed by atoms with Gasteiger partial charge in [0.1, 0.15) is 0 Å². The van der Waals surface area contributed by atoms with E-state index in [0.29, 0.717) is 6.04 Å². The first-order valence-electron chi connectivity index (χ1n) is 6.07. The minimum absolute atomic E-state index is 0.188. The number of halogens is 1. The van der Waals surface area contributed by atoms with Crippen LogP contribution < -0.4 is 0 Å². The lowest BCUT2D eigenvalue weighted by atomic mass is 10.0. The molecule has 1 fully saturated rings. The number of nitrogens with zero attached hydrogens (tertiary/aromatic N) is 1. The summed E-state index contributed by atoms with van der Waals surface area (Å²) in [4.78, 5) is 14.5. The van der Waals surface area contributed by atoms with Crippen LogP contribution in [0.25, 0.3) is 0 Å². The maximum atomic E-state index is 12.5. The largest absolute Gasteiger partial charge is 0.335 e. The molecule has 0 radical (unpaired) electrons. The third-order valence-electron chi connectivity index (χ3n) is 3.44. The van der Waals surface area contributed by atoms with Gasteiger partial charge in [-0.2, -0.15) is 0 Å². The fourth-order valence-corrected chi connectivity index (χ4v) is 3.06. The van der Waals surface area contributed by atoms with Crippen LogP contribution in [0, 0.1) is 13.8 Å². The zero-order chi connectivity index (χ0) is 12.4. The van der Waals surface area contributed by atoms with Crippen molar-refractivity contribution in [3.8, 4) is 0 Å². The highest BCUT2D eigenvalue weighted by Crippen LogP contribution is 2.23. The molecule has 0 spiro atoms. The molecular formula is C14H18BrNO. The summed E-state index contributed by atoms with van der Waals surface area (Å²) in [5.41, 5.74) is 3.08. The van der Waals surface area contributed by atoms with Gasteiger partial charge in [0.05, 0.1) is 0 Å². The highest BCUT2D eigenvalue weighted by molar-refractivity contribution is 9.09. The predicted octanol–water partition coefficient (Wildman–Crippen LogP) is 3.30. The molecular weight excluding hydrogens is 278 g/mol. The molecule has 0 saturated carbocycles. The van der Waals surface area contributed by atoms with E-state index in [-0.39, 0.29) is 5.91 Å². The average molecular weight is 296 g/mol. The smallest absolute Gasteiger partial charge is 0.254 e. The highest BCUT2D eigenvalue weighted by atomic mass is 79.9. The lowest BCUT2D eigenvalue weighted by Crippen LogP contribution is -2.36. The minimum atomic E-state index is 0.188. The predicted molar refractivity (Wildman–Crippen MR) is 73.8 cm³/mol. The molecule has 1 atom stereocenters. The number of rotatable bonds is 2. The molecule has 1 aliphatic rings. The van der Waals surface area contributed by atoms with Crippen LogP contribution in [0.1, 0.15) is 34.3 Å². The van der Waals surface area contributed by atoms with Gasteiger partial charge in [-0.15, -0.1) is 0 Å². The lowest BCUT2D eigenvalue weighted by molar-refractivity contribution is 0.0749. The Balaban J connectivity index is 2.27. The minimum Gasteiger partial charge on any atom is -0.335 e. The maximum Gasteiger partial charge on any atom is 0.254 e. The summed E-state index contributed by atoms with van der Waals surface area (Å²) in [5, 5.41) is 0.879. The molecule has 1 aliphatic heterocycles. The van der Waals surface area contributed by atoms with Gasteiger partial charge >= 0.3 is 0 Å². The summed E-state index contributed by atoms with van der Waals surface area (Å²) < 4.78 is 0. The van der Waals surface area contributed by atoms with Crippen molar-refractivity contribution in [2.75, 3.05) is 11.9 Å². The van der Waals surface area contributed by atoms with Crippen LogP contribution in [0.2, 0.25) is 0 Å². The van der Waals surface area contributed by atoms with E-state index in [0.717, 1.165) is 41.4 Å². The van der Waals surface area contributed by atoms with Crippen molar-refractivity contribution < 1.29 is 4.79 Å². The molecule has 1 aromatic rings. The second-order valence-electron chi connectivity index (χ2n) is 4.77. The van der Waals surface area contributed by atoms with E-state index in [1.165, 1.54) is 0 Å². The molecule has 1 saturated heterocycles. The molecule has 0 aromatic heterocycles. The third-order valence-corrected chi connectivity index (χ3v) is 4.19. The molecule has 1 unspecified atom stereocenters. The second kappa shape index (κ2) is 5.21. The molecule has 92 valence electrons. The Labute approximate surface area is 111 Å². The van der Waals surface area contributed by atoms with Gasteiger partial charge in [0.25, 0.3) is 5.91 Å². The van der Waals surface area contributed by atoms with Crippen molar-refractivity contribution in [2.24, 2.45) is 0 Å². The van der Waals surface area contributed by atoms with E-state index in [1.54, 1.807) is 0 Å². The van der Waals surface area contributed by atoms with Crippen LogP contribution in [0.3, 0.4) is 0 Å². The van der Waals surface area contributed by atoms with Crippen molar-refractivity contribution in [3.63, 3.8) is 0 Å². The van der Waals surface area contributed by atoms with Crippen LogP contribution in [0.5, 0.6) is 0 Å². The molecule has 1 aromatic carbocycles. The van der Waals surface area contributed by atoms with Gasteiger partial charge in [-0.1, -0.05) is 33.6 Å². The summed E-state index contributed by atoms with van der Waals surface area (Å²) in [6.45, 7) is 4.93. The van der Waals surface area contributed by atoms with E-state index in [4.69, 9.17) is 0 Å². The first kappa shape index (κ1) is 12.6. The van der Waals surface area contributed by atoms with Crippen molar-refractivity contribution in [3.05, 3.63) is 34.9 Å². The second-order valence-corrected chi connectivity index (χ2v) is 5.41. The zero-order valence-electron chi connectivity index (χ0n) is 10.4. The van der Waals surface area contributed by atoms with E-state index in [9.17, 15) is 4.79 Å². The van der Waals surface area contributed by atoms with Crippen LogP contribution in [0.15, 0.2) is 18.2 Å². The summed E-state index contributed by atoms with van der Waals surface area (Å²) in [6, 6.07) is 6.45. The van der Waals surface area contributed by atoms with Gasteiger partial charge in [-0.25, -0.2) is 0 Å². The number of carbonyl (C=O) groups excluding carboxylic acids is 1. The van der Waals surface area contributed by atoms with Gasteiger partial charge in [-0.3, -0.25) is 4.79 Å². The van der Waals surface area contributed by atoms with Crippen molar-refractivity contribution >= 4 is 21.8 Å². The Morgan fingerprint density at radius 3 is 2.94 bits per heavy atom. The van der Waals surface area contributed by atoms with Gasteiger partial charge in [0, 0.05) is 23.5 Å². The SMILES string of the molecule is Cc1ccc(C)c(C(=O)N2CCCC2CBr)c1. The normalized spacial score (nSPS) is 19.7. The fraction of sp³-hybridized carbons (Fsp3) is 0.500. The molecule has 0 N–H and O–H groups in total. The number of hydrogen-bond donors (Lipinski definition) is 0. The van der Waals surface area contributed by atoms with E-state index in [2.05, 4.69) is 22.0 Å². The molecule has 2 rings (SSSR count). The first-order chi connectivity index (χ1) is 8.13. The summed E-state index contributed by atoms with van der Waals surface area (Å²) in [7, 11) is 0. The number of carbonyl (C=O) groups is 1. The molecule has 2 nitrogen and oxygen atoms in total. The number of amides is 1. The van der Waals surface area contributed by atoms with Crippen molar-refractivity contribution in [1.82, 2.24) is 4.90 Å². The van der Waals surface area contributed by atoms with Crippen LogP contribution in [-0.2, 0) is 0 Å². The average Bonchev–Trinajstić information content (AvgIpc) is 2.79. The number of aryl methyl sites for hydroxylation is 2. The quantitative estimate of drug-likeness (QED) is 0.767. The summed E-state index contributed by atoms with van der Waals surface area (Å²) >= 11 is 3.50. The van der Waals surface area contributed by atoms with Gasteiger partial charge in [-0.05, 0) is 38.3 Å². The number of likely N-dealkylation sites (tertiary alicyclic amines) is 1. The molecule has 0 aliphatic carbocycles. The third kappa shape index (κ3) is 2.54. The van der Waals surface area contributed by atoms with Crippen molar-refractivity contribution in [2.45, 2.75) is 32.7 Å². The van der Waals surface area contributed by atoms with E-state index in [1.807, 2.05) is 30.9 Å². The van der Waals surface area contributed by atoms with Crippen LogP contribution in [0.4, 0.5) is 0 Å². The number of benzene rings is 1. The van der Waals surface area contributed by atoms with Gasteiger partial charge < -0.3 is 4.90 Å². The number of alkyl halides is 1. The number of hydrogen-bond acceptors (Lipinski definition) is 1. The van der Waals surface area contributed by atoms with E-state index >= 15 is 0 Å². The topological polar surface area (TPSA) is 20.3 Å². The van der Waals surface area contributed by atoms with E-state index < -0.39 is 0 Å². The van der Waals surface area contributed by atoms with Crippen LogP contribution >= 0.6 is 15.9 Å². The van der Waals surface area contributed by atoms with Crippen LogP contribution in [-0.4, -0.2) is 28.7 Å². The standard InChI is InChI=1S/C14H18BrNO/c1-10-5-6-11(2)13(8-10)14(17)16-7-3-4-12(16)9-15/h5-6,8,12H,3-4,7,9H2,1-2H3. The van der Waals surface area contributed by atoms with Crippen molar-refractivity contribution in [1.29, 1.82) is 0 Å². The van der Waals surface area contributed by atoms with Gasteiger partial charge in [0.15, 0.2) is 0 Å². The summed E-state index contributed by atoms with van der Waals surface area (Å²) in [5.74, 6) is 0.188. The Kier molecular flexibility index (Phi) is 3.87. The fourth-order valence-electron chi connectivity index (χ4n) is 2.38. The van der Waals surface area contributed by atoms with Gasteiger partial charge in [0.2, 0.25) is 0 Å². The lowest BCUT2D eigenvalue weighted by Gasteiger charge is -2.24.